The zero-order valence-electron chi connectivity index (χ0n) is 1.52. The molecule has 0 fully saturated rings. The fourth-order valence-electron chi connectivity index (χ4n) is 0. The summed E-state index contributed by atoms with van der Waals surface area (Å²) >= 11 is 8.53. The molecular weight excluding hydrogens is 127 g/mol. The van der Waals surface area contributed by atoms with Crippen LogP contribution in [-0.2, 0) is 3.84 Å². The largest absolute Gasteiger partial charge is 0.166 e. The number of rotatable bonds is 0. The predicted molar refractivity (Wildman–Crippen MR) is 12.8 cm³/mol. The van der Waals surface area contributed by atoms with E-state index in [0.29, 0.717) is 0 Å². The third-order valence-electron chi connectivity index (χ3n) is 0. The molecule has 0 rings (SSSR count). The number of hydrogen-bond acceptors (Lipinski definition) is 1. The summed E-state index contributed by atoms with van der Waals surface area (Å²) in [5, 5.41) is 0. The van der Waals surface area contributed by atoms with Crippen molar-refractivity contribution in [3.8, 4) is 0 Å². The van der Waals surface area contributed by atoms with Crippen LogP contribution in [0.3, 0.4) is 0 Å². The van der Waals surface area contributed by atoms with Gasteiger partial charge in [0.05, 0.1) is 23.7 Å². The molecule has 0 N–H and O–H groups in total. The van der Waals surface area contributed by atoms with Crippen LogP contribution in [0.1, 0.15) is 0 Å². The minimum absolute atomic E-state index is 0. The fourth-order valence-corrected chi connectivity index (χ4v) is 0. The zero-order valence-corrected chi connectivity index (χ0v) is 3.74. The second-order valence-electron chi connectivity index (χ2n) is 0.0583. The molecule has 0 aliphatic heterocycles. The van der Waals surface area contributed by atoms with Crippen LogP contribution < -0.4 is 0 Å². The van der Waals surface area contributed by atoms with Gasteiger partial charge in [-0.2, -0.15) is 3.84 Å². The summed E-state index contributed by atoms with van der Waals surface area (Å²) in [6, 6.07) is 0. The van der Waals surface area contributed by atoms with Crippen molar-refractivity contribution in [2.24, 2.45) is 0 Å². The van der Waals surface area contributed by atoms with E-state index in [-0.39, 0.29) is 37.7 Å². The quantitative estimate of drug-likeness (QED) is 0.476. The van der Waals surface area contributed by atoms with Crippen molar-refractivity contribution in [1.29, 1.82) is 0 Å². The molecule has 4 heavy (non-hydrogen) atoms. The van der Waals surface area contributed by atoms with Gasteiger partial charge in [-0.15, -0.1) is 0 Å². The van der Waals surface area contributed by atoms with Gasteiger partial charge in [0.1, 0.15) is 0 Å². The molecule has 0 aromatic rings. The maximum Gasteiger partial charge on any atom is 0.0832 e. The summed E-state index contributed by atoms with van der Waals surface area (Å²) in [7, 11) is 0. The molecule has 0 spiro atoms. The Labute approximate surface area is 64.6 Å². The van der Waals surface area contributed by atoms with Crippen LogP contribution in [0.25, 0.3) is 0 Å². The zero-order chi connectivity index (χ0) is 2.71. The normalized spacial score (nSPS) is 4.50. The second kappa shape index (κ2) is 8.84. The van der Waals surface area contributed by atoms with Gasteiger partial charge in [-0.25, -0.2) is 0 Å². The Morgan fingerprint density at radius 3 is 1.25 bits per heavy atom. The summed E-state index contributed by atoms with van der Waals surface area (Å²) < 4.78 is 3.19. The van der Waals surface area contributed by atoms with Gasteiger partial charge in [-0.3, -0.25) is 0 Å². The van der Waals surface area contributed by atoms with Gasteiger partial charge in [0.2, 0.25) is 0 Å². The van der Waals surface area contributed by atoms with Gasteiger partial charge in [-0.1, -0.05) is 0 Å². The van der Waals surface area contributed by atoms with Crippen molar-refractivity contribution in [2.75, 3.05) is 0 Å². The minimum Gasteiger partial charge on any atom is -0.166 e. The third-order valence-corrected chi connectivity index (χ3v) is 0. The van der Waals surface area contributed by atoms with Crippen molar-refractivity contribution in [3.63, 3.8) is 0 Å². The minimum atomic E-state index is 0. The molecule has 0 saturated heterocycles. The molecule has 0 aliphatic rings. The molecule has 0 aromatic carbocycles. The van der Waals surface area contributed by atoms with Crippen molar-refractivity contribution in [3.05, 3.63) is 0 Å². The number of hydrogen-bond donors (Lipinski definition) is 0. The standard InChI is InChI=1S/Ar.Cl2O/c;1-3-2. The van der Waals surface area contributed by atoms with Gasteiger partial charge in [0, 0.05) is 37.7 Å². The average molecular weight is 127 g/mol. The molecule has 0 unspecified atom stereocenters. The van der Waals surface area contributed by atoms with Crippen LogP contribution in [0, 0.1) is 37.7 Å². The topological polar surface area (TPSA) is 9.23 Å². The van der Waals surface area contributed by atoms with E-state index in [9.17, 15) is 0 Å². The fraction of sp³-hybridized carbons (Fsp3) is 0. The smallest absolute Gasteiger partial charge is 0.0832 e. The Morgan fingerprint density at radius 2 is 1.25 bits per heavy atom. The average Bonchev–Trinajstić information content (AvgIpc) is 0.918. The first-order valence-electron chi connectivity index (χ1n) is 0.309. The summed E-state index contributed by atoms with van der Waals surface area (Å²) in [4.78, 5) is 0. The maximum absolute atomic E-state index is 4.26. The van der Waals surface area contributed by atoms with E-state index in [1.165, 1.54) is 0 Å². The Morgan fingerprint density at radius 1 is 1.25 bits per heavy atom. The monoisotopic (exact) mass is 126 g/mol. The molecular formula is ArCl2O. The summed E-state index contributed by atoms with van der Waals surface area (Å²) in [5.41, 5.74) is 0. The molecule has 0 radical (unpaired) electrons. The van der Waals surface area contributed by atoms with E-state index in [0.717, 1.165) is 0 Å². The van der Waals surface area contributed by atoms with Gasteiger partial charge in [0.15, 0.2) is 0 Å². The molecule has 0 heterocycles. The van der Waals surface area contributed by atoms with E-state index >= 15 is 0 Å². The van der Waals surface area contributed by atoms with Gasteiger partial charge < -0.3 is 0 Å². The molecule has 0 saturated carbocycles. The molecule has 0 aromatic heterocycles. The van der Waals surface area contributed by atoms with Crippen molar-refractivity contribution < 1.29 is 41.6 Å². The van der Waals surface area contributed by atoms with E-state index < -0.39 is 0 Å². The third kappa shape index (κ3) is 9.20. The Kier molecular flexibility index (Phi) is 20.5. The summed E-state index contributed by atoms with van der Waals surface area (Å²) in [5.74, 6) is 0. The summed E-state index contributed by atoms with van der Waals surface area (Å²) in [6.45, 7) is 0. The maximum atomic E-state index is 4.26. The molecule has 28 valence electrons. The summed E-state index contributed by atoms with van der Waals surface area (Å²) in [6.07, 6.45) is 0. The predicted octanol–water partition coefficient (Wildman–Crippen LogP) is 1.31. The molecule has 0 aliphatic carbocycles. The molecule has 0 amide bonds. The molecule has 1 nitrogen and oxygen atoms in total. The van der Waals surface area contributed by atoms with Gasteiger partial charge in [0.25, 0.3) is 0 Å². The Hall–Kier alpha value is 1.80. The SMILES string of the molecule is ClOCl.[Ar]. The second-order valence-corrected chi connectivity index (χ2v) is 0.525. The van der Waals surface area contributed by atoms with Crippen LogP contribution in [0.4, 0.5) is 0 Å². The molecule has 0 atom stereocenters. The van der Waals surface area contributed by atoms with Gasteiger partial charge in [-0.05, 0) is 0 Å². The van der Waals surface area contributed by atoms with Crippen molar-refractivity contribution in [2.45, 2.75) is 0 Å². The van der Waals surface area contributed by atoms with Crippen LogP contribution in [0.5, 0.6) is 0 Å². The van der Waals surface area contributed by atoms with E-state index in [1.54, 1.807) is 0 Å². The molecule has 4 heteroatoms. The van der Waals surface area contributed by atoms with Crippen LogP contribution >= 0.6 is 23.7 Å². The van der Waals surface area contributed by atoms with E-state index in [2.05, 4.69) is 27.6 Å². The van der Waals surface area contributed by atoms with E-state index in [4.69, 9.17) is 0 Å². The van der Waals surface area contributed by atoms with Crippen LogP contribution in [0.2, 0.25) is 0 Å². The number of halogens is 2. The van der Waals surface area contributed by atoms with Crippen molar-refractivity contribution >= 4 is 23.7 Å². The van der Waals surface area contributed by atoms with Crippen LogP contribution in [0.15, 0.2) is 0 Å². The first kappa shape index (κ1) is 9.25. The van der Waals surface area contributed by atoms with Gasteiger partial charge >= 0.3 is 0 Å². The van der Waals surface area contributed by atoms with Crippen molar-refractivity contribution in [1.82, 2.24) is 0 Å². The first-order valence-corrected chi connectivity index (χ1v) is 0.926. The van der Waals surface area contributed by atoms with Crippen LogP contribution in [-0.4, -0.2) is 0 Å². The molecule has 0 bridgehead atoms. The van der Waals surface area contributed by atoms with E-state index in [1.807, 2.05) is 0 Å². The first-order chi connectivity index (χ1) is 1.41. The Balaban J connectivity index is 0. The Bertz CT molecular complexity index is 6.00.